The summed E-state index contributed by atoms with van der Waals surface area (Å²) in [5.41, 5.74) is 1.05. The Bertz CT molecular complexity index is 1410. The number of sulfonamides is 1. The Kier molecular flexibility index (Phi) is 9.95. The fourth-order valence-electron chi connectivity index (χ4n) is 4.88. The molecular formula is C30H33ClFN3O4S. The normalized spacial score (nSPS) is 14.7. The third kappa shape index (κ3) is 7.47. The fourth-order valence-corrected chi connectivity index (χ4v) is 6.13. The number of amides is 2. The van der Waals surface area contributed by atoms with Gasteiger partial charge in [-0.3, -0.25) is 9.59 Å². The molecule has 1 N–H and O–H groups in total. The average Bonchev–Trinajstić information content (AvgIpc) is 3.45. The van der Waals surface area contributed by atoms with Gasteiger partial charge in [0.25, 0.3) is 0 Å². The summed E-state index contributed by atoms with van der Waals surface area (Å²) in [6.45, 7) is -0.739. The largest absolute Gasteiger partial charge is 0.352 e. The van der Waals surface area contributed by atoms with Crippen LogP contribution in [0.3, 0.4) is 0 Å². The summed E-state index contributed by atoms with van der Waals surface area (Å²) in [4.78, 5) is 28.9. The zero-order valence-electron chi connectivity index (χ0n) is 22.3. The molecule has 1 atom stereocenters. The third-order valence-electron chi connectivity index (χ3n) is 7.15. The van der Waals surface area contributed by atoms with Crippen LogP contribution in [0, 0.1) is 5.82 Å². The number of halogens is 2. The molecule has 0 heterocycles. The highest BCUT2D eigenvalue weighted by atomic mass is 35.5. The van der Waals surface area contributed by atoms with E-state index in [-0.39, 0.29) is 35.4 Å². The van der Waals surface area contributed by atoms with Crippen molar-refractivity contribution in [3.63, 3.8) is 0 Å². The maximum Gasteiger partial charge on any atom is 0.243 e. The molecule has 0 bridgehead atoms. The van der Waals surface area contributed by atoms with Crippen molar-refractivity contribution in [2.75, 3.05) is 13.6 Å². The zero-order chi connectivity index (χ0) is 28.7. The van der Waals surface area contributed by atoms with Crippen LogP contribution in [0.4, 0.5) is 4.39 Å². The summed E-state index contributed by atoms with van der Waals surface area (Å²) in [5, 5.41) is 3.46. The minimum Gasteiger partial charge on any atom is -0.352 e. The van der Waals surface area contributed by atoms with Crippen LogP contribution in [0.25, 0.3) is 0 Å². The Labute approximate surface area is 240 Å². The quantitative estimate of drug-likeness (QED) is 0.350. The van der Waals surface area contributed by atoms with Crippen molar-refractivity contribution in [3.05, 3.63) is 101 Å². The molecule has 0 radical (unpaired) electrons. The van der Waals surface area contributed by atoms with Crippen molar-refractivity contribution in [1.82, 2.24) is 14.5 Å². The van der Waals surface area contributed by atoms with Gasteiger partial charge >= 0.3 is 0 Å². The zero-order valence-corrected chi connectivity index (χ0v) is 23.9. The van der Waals surface area contributed by atoms with E-state index < -0.39 is 34.3 Å². The lowest BCUT2D eigenvalue weighted by Gasteiger charge is -2.33. The second kappa shape index (κ2) is 13.4. The van der Waals surface area contributed by atoms with Crippen LogP contribution in [0.2, 0.25) is 5.02 Å². The van der Waals surface area contributed by atoms with E-state index in [0.717, 1.165) is 35.6 Å². The van der Waals surface area contributed by atoms with Gasteiger partial charge in [0.1, 0.15) is 11.9 Å². The van der Waals surface area contributed by atoms with Crippen molar-refractivity contribution >= 4 is 33.4 Å². The second-order valence-electron chi connectivity index (χ2n) is 10.0. The monoisotopic (exact) mass is 585 g/mol. The number of hydrogen-bond donors (Lipinski definition) is 1. The van der Waals surface area contributed by atoms with Crippen molar-refractivity contribution in [2.24, 2.45) is 0 Å². The summed E-state index contributed by atoms with van der Waals surface area (Å²) < 4.78 is 42.1. The molecule has 1 aliphatic rings. The molecule has 0 spiro atoms. The number of benzene rings is 3. The maximum absolute atomic E-state index is 14.8. The first-order valence-electron chi connectivity index (χ1n) is 13.2. The number of carbonyl (C=O) groups excluding carboxylic acids is 2. The number of nitrogens with zero attached hydrogens (tertiary/aromatic N) is 2. The van der Waals surface area contributed by atoms with E-state index in [1.807, 2.05) is 30.3 Å². The van der Waals surface area contributed by atoms with Gasteiger partial charge in [0.2, 0.25) is 21.8 Å². The molecule has 40 heavy (non-hydrogen) atoms. The molecule has 1 aliphatic carbocycles. The molecule has 212 valence electrons. The minimum absolute atomic E-state index is 0.00384. The van der Waals surface area contributed by atoms with Gasteiger partial charge in [-0.15, -0.1) is 0 Å². The van der Waals surface area contributed by atoms with E-state index in [4.69, 9.17) is 11.6 Å². The molecular weight excluding hydrogens is 553 g/mol. The van der Waals surface area contributed by atoms with Gasteiger partial charge < -0.3 is 10.2 Å². The smallest absolute Gasteiger partial charge is 0.243 e. The maximum atomic E-state index is 14.8. The highest BCUT2D eigenvalue weighted by molar-refractivity contribution is 7.89. The lowest BCUT2D eigenvalue weighted by Crippen LogP contribution is -2.54. The van der Waals surface area contributed by atoms with Gasteiger partial charge in [-0.05, 0) is 48.7 Å². The number of carbonyl (C=O) groups is 2. The third-order valence-corrected chi connectivity index (χ3v) is 9.22. The Morgan fingerprint density at radius 2 is 1.60 bits per heavy atom. The van der Waals surface area contributed by atoms with E-state index >= 15 is 0 Å². The van der Waals surface area contributed by atoms with Crippen LogP contribution in [0.5, 0.6) is 0 Å². The molecule has 2 amide bonds. The Hall–Kier alpha value is -3.27. The summed E-state index contributed by atoms with van der Waals surface area (Å²) in [5.74, 6) is -1.48. The molecule has 7 nitrogen and oxygen atoms in total. The summed E-state index contributed by atoms with van der Waals surface area (Å²) in [6, 6.07) is 20.0. The van der Waals surface area contributed by atoms with Gasteiger partial charge in [0.15, 0.2) is 0 Å². The molecule has 1 fully saturated rings. The Morgan fingerprint density at radius 3 is 2.25 bits per heavy atom. The van der Waals surface area contributed by atoms with E-state index in [1.54, 1.807) is 18.2 Å². The molecule has 10 heteroatoms. The summed E-state index contributed by atoms with van der Waals surface area (Å²) in [7, 11) is -2.74. The summed E-state index contributed by atoms with van der Waals surface area (Å²) >= 11 is 5.91. The standard InChI is InChI=1S/C30H33ClFN3O4S/c1-34(40(38,39)26-17-15-24(31)16-18-26)21-29(36)35(20-23-11-5-8-14-27(23)32)28(19-22-9-3-2-4-10-22)30(37)33-25-12-6-7-13-25/h2-5,8-11,14-18,25,28H,6-7,12-13,19-21H2,1H3,(H,33,37). The predicted octanol–water partition coefficient (Wildman–Crippen LogP) is 4.80. The molecule has 1 saturated carbocycles. The minimum atomic E-state index is -4.04. The Morgan fingerprint density at radius 1 is 0.975 bits per heavy atom. The van der Waals surface area contributed by atoms with Crippen molar-refractivity contribution in [2.45, 2.75) is 55.6 Å². The highest BCUT2D eigenvalue weighted by Gasteiger charge is 2.34. The van der Waals surface area contributed by atoms with Crippen molar-refractivity contribution in [1.29, 1.82) is 0 Å². The van der Waals surface area contributed by atoms with Crippen LogP contribution in [0.15, 0.2) is 83.8 Å². The molecule has 3 aromatic carbocycles. The van der Waals surface area contributed by atoms with Gasteiger partial charge in [0, 0.05) is 36.6 Å². The summed E-state index contributed by atoms with van der Waals surface area (Å²) in [6.07, 6.45) is 3.92. The van der Waals surface area contributed by atoms with Gasteiger partial charge in [-0.2, -0.15) is 4.31 Å². The molecule has 0 aromatic heterocycles. The van der Waals surface area contributed by atoms with Crippen LogP contribution in [-0.2, 0) is 32.6 Å². The first-order chi connectivity index (χ1) is 19.1. The van der Waals surface area contributed by atoms with E-state index in [0.29, 0.717) is 5.02 Å². The first kappa shape index (κ1) is 29.7. The highest BCUT2D eigenvalue weighted by Crippen LogP contribution is 2.22. The van der Waals surface area contributed by atoms with Crippen LogP contribution >= 0.6 is 11.6 Å². The second-order valence-corrected chi connectivity index (χ2v) is 12.5. The van der Waals surface area contributed by atoms with Crippen LogP contribution in [-0.4, -0.2) is 55.1 Å². The van der Waals surface area contributed by atoms with Gasteiger partial charge in [-0.1, -0.05) is 73.0 Å². The lowest BCUT2D eigenvalue weighted by atomic mass is 10.0. The van der Waals surface area contributed by atoms with Crippen LogP contribution in [0.1, 0.15) is 36.8 Å². The Balaban J connectivity index is 1.66. The molecule has 1 unspecified atom stereocenters. The van der Waals surface area contributed by atoms with Crippen molar-refractivity contribution < 1.29 is 22.4 Å². The fraction of sp³-hybridized carbons (Fsp3) is 0.333. The average molecular weight is 586 g/mol. The van der Waals surface area contributed by atoms with Gasteiger partial charge in [0.05, 0.1) is 11.4 Å². The molecule has 0 aliphatic heterocycles. The number of hydrogen-bond acceptors (Lipinski definition) is 4. The molecule has 3 aromatic rings. The van der Waals surface area contributed by atoms with Gasteiger partial charge in [-0.25, -0.2) is 12.8 Å². The number of nitrogens with one attached hydrogen (secondary N) is 1. The topological polar surface area (TPSA) is 86.8 Å². The SMILES string of the molecule is CN(CC(=O)N(Cc1ccccc1F)C(Cc1ccccc1)C(=O)NC1CCCC1)S(=O)(=O)c1ccc(Cl)cc1. The lowest BCUT2D eigenvalue weighted by molar-refractivity contribution is -0.141. The molecule has 0 saturated heterocycles. The van der Waals surface area contributed by atoms with E-state index in [9.17, 15) is 22.4 Å². The first-order valence-corrected chi connectivity index (χ1v) is 15.1. The van der Waals surface area contributed by atoms with Crippen molar-refractivity contribution in [3.8, 4) is 0 Å². The van der Waals surface area contributed by atoms with E-state index in [1.165, 1.54) is 42.3 Å². The molecule has 4 rings (SSSR count). The van der Waals surface area contributed by atoms with Crippen LogP contribution < -0.4 is 5.32 Å². The van der Waals surface area contributed by atoms with E-state index in [2.05, 4.69) is 5.32 Å². The number of likely N-dealkylation sites (N-methyl/N-ethyl adjacent to an activating group) is 1. The predicted molar refractivity (Wildman–Crippen MR) is 153 cm³/mol. The number of rotatable bonds is 11.